The molecule has 0 aliphatic heterocycles. The molecule has 1 aliphatic carbocycles. The van der Waals surface area contributed by atoms with Gasteiger partial charge in [-0.3, -0.25) is 0 Å². The molecule has 1 fully saturated rings. The quantitative estimate of drug-likeness (QED) is 0.740. The van der Waals surface area contributed by atoms with Crippen LogP contribution in [0.5, 0.6) is 0 Å². The van der Waals surface area contributed by atoms with Gasteiger partial charge in [0.1, 0.15) is 10.0 Å². The summed E-state index contributed by atoms with van der Waals surface area (Å²) in [6.45, 7) is 0. The first-order valence-electron chi connectivity index (χ1n) is 4.39. The molecule has 2 nitrogen and oxygen atoms in total. The van der Waals surface area contributed by atoms with E-state index in [0.717, 1.165) is 0 Å². The first kappa shape index (κ1) is 10.2. The van der Waals surface area contributed by atoms with Gasteiger partial charge in [0.05, 0.1) is 11.8 Å². The van der Waals surface area contributed by atoms with E-state index in [2.05, 4.69) is 10.2 Å². The van der Waals surface area contributed by atoms with Gasteiger partial charge in [-0.05, 0) is 12.8 Å². The Kier molecular flexibility index (Phi) is 2.70. The molecule has 6 heteroatoms. The summed E-state index contributed by atoms with van der Waals surface area (Å²) in [6.07, 6.45) is 1.03. The lowest BCUT2D eigenvalue weighted by atomic mass is 10.1. The summed E-state index contributed by atoms with van der Waals surface area (Å²) in [7, 11) is 0. The number of nitrogens with zero attached hydrogens (tertiary/aromatic N) is 2. The minimum absolute atomic E-state index is 0.0343. The van der Waals surface area contributed by atoms with Gasteiger partial charge < -0.3 is 0 Å². The van der Waals surface area contributed by atoms with E-state index in [0.29, 0.717) is 22.9 Å². The van der Waals surface area contributed by atoms with Gasteiger partial charge in [-0.25, -0.2) is 8.78 Å². The number of rotatable bonds is 2. The third-order valence-electron chi connectivity index (χ3n) is 2.41. The zero-order chi connectivity index (χ0) is 10.2. The molecule has 1 atom stereocenters. The molecule has 0 N–H and O–H groups in total. The summed E-state index contributed by atoms with van der Waals surface area (Å²) in [4.78, 5) is 0. The second-order valence-electron chi connectivity index (χ2n) is 3.37. The molecular formula is C8H9ClF2N2S. The highest BCUT2D eigenvalue weighted by Crippen LogP contribution is 2.47. The fraction of sp³-hybridized carbons (Fsp3) is 0.750. The predicted octanol–water partition coefficient (Wildman–Crippen LogP) is 3.18. The number of alkyl halides is 3. The van der Waals surface area contributed by atoms with Crippen LogP contribution in [-0.4, -0.2) is 16.1 Å². The van der Waals surface area contributed by atoms with Crippen molar-refractivity contribution in [1.82, 2.24) is 10.2 Å². The van der Waals surface area contributed by atoms with Gasteiger partial charge in [-0.2, -0.15) is 0 Å². The van der Waals surface area contributed by atoms with Gasteiger partial charge in [-0.1, -0.05) is 11.3 Å². The summed E-state index contributed by atoms with van der Waals surface area (Å²) in [5.74, 6) is -3.10. The first-order valence-corrected chi connectivity index (χ1v) is 5.74. The van der Waals surface area contributed by atoms with Crippen LogP contribution < -0.4 is 0 Å². The van der Waals surface area contributed by atoms with Crippen molar-refractivity contribution in [1.29, 1.82) is 0 Å². The van der Waals surface area contributed by atoms with Crippen LogP contribution in [0.15, 0.2) is 0 Å². The Bertz CT molecular complexity index is 329. The van der Waals surface area contributed by atoms with Crippen LogP contribution in [0.4, 0.5) is 8.78 Å². The first-order chi connectivity index (χ1) is 6.63. The Morgan fingerprint density at radius 2 is 2.29 bits per heavy atom. The Morgan fingerprint density at radius 1 is 1.50 bits per heavy atom. The van der Waals surface area contributed by atoms with E-state index in [1.807, 2.05) is 0 Å². The molecule has 1 aromatic rings. The van der Waals surface area contributed by atoms with Crippen molar-refractivity contribution >= 4 is 22.9 Å². The average molecular weight is 239 g/mol. The molecule has 2 rings (SSSR count). The van der Waals surface area contributed by atoms with Crippen LogP contribution in [0.25, 0.3) is 0 Å². The second kappa shape index (κ2) is 3.70. The lowest BCUT2D eigenvalue weighted by Crippen LogP contribution is -2.19. The largest absolute Gasteiger partial charge is 0.257 e. The van der Waals surface area contributed by atoms with E-state index in [4.69, 9.17) is 11.6 Å². The second-order valence-corrected chi connectivity index (χ2v) is 4.73. The minimum atomic E-state index is -2.61. The summed E-state index contributed by atoms with van der Waals surface area (Å²) in [6, 6.07) is 0. The molecule has 78 valence electrons. The monoisotopic (exact) mass is 238 g/mol. The Hall–Kier alpha value is -0.290. The maximum absolute atomic E-state index is 13.3. The molecule has 0 spiro atoms. The molecule has 1 saturated carbocycles. The highest BCUT2D eigenvalue weighted by atomic mass is 35.5. The maximum atomic E-state index is 13.3. The number of hydrogen-bond acceptors (Lipinski definition) is 3. The van der Waals surface area contributed by atoms with E-state index in [9.17, 15) is 8.78 Å². The van der Waals surface area contributed by atoms with Crippen LogP contribution in [-0.2, 0) is 5.88 Å². The van der Waals surface area contributed by atoms with Crippen molar-refractivity contribution in [2.75, 3.05) is 0 Å². The van der Waals surface area contributed by atoms with Crippen LogP contribution >= 0.6 is 22.9 Å². The highest BCUT2D eigenvalue weighted by molar-refractivity contribution is 7.11. The third-order valence-corrected chi connectivity index (χ3v) is 3.86. The molecule has 0 saturated heterocycles. The third kappa shape index (κ3) is 1.75. The molecule has 14 heavy (non-hydrogen) atoms. The smallest absolute Gasteiger partial charge is 0.206 e. The van der Waals surface area contributed by atoms with E-state index in [-0.39, 0.29) is 12.3 Å². The SMILES string of the molecule is FC1(F)CCCC1c1nnc(CCl)s1. The van der Waals surface area contributed by atoms with Gasteiger partial charge in [-0.15, -0.1) is 21.8 Å². The van der Waals surface area contributed by atoms with Gasteiger partial charge in [0, 0.05) is 6.42 Å². The zero-order valence-electron chi connectivity index (χ0n) is 7.34. The molecule has 0 radical (unpaired) electrons. The van der Waals surface area contributed by atoms with Crippen molar-refractivity contribution in [2.45, 2.75) is 37.0 Å². The molecule has 1 aromatic heterocycles. The van der Waals surface area contributed by atoms with E-state index >= 15 is 0 Å². The number of halogens is 3. The molecule has 0 amide bonds. The van der Waals surface area contributed by atoms with E-state index in [1.54, 1.807) is 0 Å². The van der Waals surface area contributed by atoms with Gasteiger partial charge in [0.25, 0.3) is 5.92 Å². The van der Waals surface area contributed by atoms with Crippen LogP contribution in [0.3, 0.4) is 0 Å². The van der Waals surface area contributed by atoms with Crippen LogP contribution in [0, 0.1) is 0 Å². The van der Waals surface area contributed by atoms with Crippen molar-refractivity contribution in [3.8, 4) is 0 Å². The summed E-state index contributed by atoms with van der Waals surface area (Å²) >= 11 is 6.74. The predicted molar refractivity (Wildman–Crippen MR) is 51.0 cm³/mol. The number of hydrogen-bond donors (Lipinski definition) is 0. The number of aromatic nitrogens is 2. The maximum Gasteiger partial charge on any atom is 0.257 e. The highest BCUT2D eigenvalue weighted by Gasteiger charge is 2.46. The van der Waals surface area contributed by atoms with E-state index in [1.165, 1.54) is 11.3 Å². The standard InChI is InChI=1S/C8H9ClF2N2S/c9-4-6-12-13-7(14-6)5-2-1-3-8(5,10)11/h5H,1-4H2. The topological polar surface area (TPSA) is 25.8 Å². The van der Waals surface area contributed by atoms with Gasteiger partial charge in [0.15, 0.2) is 0 Å². The summed E-state index contributed by atoms with van der Waals surface area (Å²) < 4.78 is 26.6. The van der Waals surface area contributed by atoms with Crippen molar-refractivity contribution in [3.05, 3.63) is 10.0 Å². The van der Waals surface area contributed by atoms with Gasteiger partial charge in [0.2, 0.25) is 0 Å². The Labute approximate surface area is 89.3 Å². The van der Waals surface area contributed by atoms with Gasteiger partial charge >= 0.3 is 0 Å². The minimum Gasteiger partial charge on any atom is -0.206 e. The Morgan fingerprint density at radius 3 is 2.79 bits per heavy atom. The van der Waals surface area contributed by atoms with Crippen molar-refractivity contribution in [2.24, 2.45) is 0 Å². The molecular weight excluding hydrogens is 230 g/mol. The summed E-state index contributed by atoms with van der Waals surface area (Å²) in [5, 5.41) is 8.57. The summed E-state index contributed by atoms with van der Waals surface area (Å²) in [5.41, 5.74) is 0. The average Bonchev–Trinajstić information content (AvgIpc) is 2.70. The molecule has 0 aromatic carbocycles. The lowest BCUT2D eigenvalue weighted by Gasteiger charge is -2.15. The fourth-order valence-corrected chi connectivity index (χ4v) is 2.80. The molecule has 1 unspecified atom stereocenters. The Balaban J connectivity index is 2.22. The van der Waals surface area contributed by atoms with Crippen molar-refractivity contribution < 1.29 is 8.78 Å². The fourth-order valence-electron chi connectivity index (χ4n) is 1.69. The molecule has 1 aliphatic rings. The normalized spacial score (nSPS) is 25.5. The zero-order valence-corrected chi connectivity index (χ0v) is 8.91. The van der Waals surface area contributed by atoms with E-state index < -0.39 is 11.8 Å². The molecule has 1 heterocycles. The van der Waals surface area contributed by atoms with Crippen molar-refractivity contribution in [3.63, 3.8) is 0 Å². The molecule has 0 bridgehead atoms. The van der Waals surface area contributed by atoms with Crippen LogP contribution in [0.2, 0.25) is 0 Å². The van der Waals surface area contributed by atoms with Crippen LogP contribution in [0.1, 0.15) is 35.2 Å². The lowest BCUT2D eigenvalue weighted by molar-refractivity contribution is -0.00916.